The van der Waals surface area contributed by atoms with Gasteiger partial charge in [-0.1, -0.05) is 33.7 Å². The summed E-state index contributed by atoms with van der Waals surface area (Å²) in [4.78, 5) is 95.7. The third-order valence-corrected chi connectivity index (χ3v) is 9.22. The van der Waals surface area contributed by atoms with Crippen molar-refractivity contribution in [1.29, 1.82) is 0 Å². The highest BCUT2D eigenvalue weighted by Gasteiger charge is 2.34. The molecule has 19 heteroatoms. The quantitative estimate of drug-likeness (QED) is 0.117. The SMILES string of the molecule is CC(=O)N[C@H]1CSSC[C@@H](C(=O)N[C@@H](CCC(N)=O)C(=O)O)NC(=O)[C@H](Cc2cnc[nH]2)NC(=O)[C@H](Cc2ccc(O)cc2)NC1=O. The van der Waals surface area contributed by atoms with Crippen molar-refractivity contribution in [2.45, 2.75) is 62.8 Å². The Hall–Kier alpha value is -4.78. The Morgan fingerprint density at radius 3 is 2.23 bits per heavy atom. The van der Waals surface area contributed by atoms with Gasteiger partial charge >= 0.3 is 5.97 Å². The van der Waals surface area contributed by atoms with Crippen molar-refractivity contribution in [3.8, 4) is 5.75 Å². The lowest BCUT2D eigenvalue weighted by atomic mass is 10.0. The van der Waals surface area contributed by atoms with E-state index in [4.69, 9.17) is 5.73 Å². The molecule has 6 amide bonds. The van der Waals surface area contributed by atoms with Crippen LogP contribution in [-0.4, -0.2) is 103 Å². The van der Waals surface area contributed by atoms with Gasteiger partial charge in [0.05, 0.1) is 6.33 Å². The number of aromatic hydroxyl groups is 1. The van der Waals surface area contributed by atoms with Crippen molar-refractivity contribution >= 4 is 63.0 Å². The van der Waals surface area contributed by atoms with Crippen molar-refractivity contribution in [2.75, 3.05) is 11.5 Å². The number of primary amides is 1. The summed E-state index contributed by atoms with van der Waals surface area (Å²) >= 11 is 0. The number of phenols is 1. The van der Waals surface area contributed by atoms with Gasteiger partial charge in [0, 0.05) is 49.6 Å². The number of rotatable bonds is 11. The summed E-state index contributed by atoms with van der Waals surface area (Å²) in [6.07, 6.45) is 2.07. The largest absolute Gasteiger partial charge is 0.508 e. The second kappa shape index (κ2) is 17.8. The number of hydrogen-bond donors (Lipinski definition) is 9. The van der Waals surface area contributed by atoms with Crippen molar-refractivity contribution in [2.24, 2.45) is 5.73 Å². The Bertz CT molecular complexity index is 1440. The molecule has 3 rings (SSSR count). The van der Waals surface area contributed by atoms with Crippen LogP contribution in [0.2, 0.25) is 0 Å². The monoisotopic (exact) mass is 692 g/mol. The maximum Gasteiger partial charge on any atom is 0.326 e. The number of nitrogens with two attached hydrogens (primary N) is 1. The second-order valence-corrected chi connectivity index (χ2v) is 13.1. The Labute approximate surface area is 276 Å². The highest BCUT2D eigenvalue weighted by molar-refractivity contribution is 8.76. The number of phenolic OH excluding ortho intramolecular Hbond substituents is 1. The molecule has 1 aromatic carbocycles. The van der Waals surface area contributed by atoms with Crippen molar-refractivity contribution < 1.29 is 43.8 Å². The second-order valence-electron chi connectivity index (χ2n) is 10.6. The number of carboxylic acids is 1. The highest BCUT2D eigenvalue weighted by Crippen LogP contribution is 2.24. The number of carboxylic acid groups (broad SMARTS) is 1. The summed E-state index contributed by atoms with van der Waals surface area (Å²) in [7, 11) is 2.18. The molecule has 0 spiro atoms. The molecule has 254 valence electrons. The summed E-state index contributed by atoms with van der Waals surface area (Å²) < 4.78 is 0. The molecule has 0 saturated carbocycles. The van der Waals surface area contributed by atoms with Crippen LogP contribution in [0.5, 0.6) is 5.75 Å². The maximum absolute atomic E-state index is 13.7. The van der Waals surface area contributed by atoms with Crippen molar-refractivity contribution in [3.63, 3.8) is 0 Å². The molecule has 1 aromatic heterocycles. The molecule has 0 radical (unpaired) electrons. The fourth-order valence-electron chi connectivity index (χ4n) is 4.38. The number of carbonyl (C=O) groups is 7. The minimum Gasteiger partial charge on any atom is -0.508 e. The number of hydrogen-bond acceptors (Lipinski definition) is 11. The van der Waals surface area contributed by atoms with E-state index in [9.17, 15) is 43.8 Å². The average molecular weight is 693 g/mol. The average Bonchev–Trinajstić information content (AvgIpc) is 3.52. The Morgan fingerprint density at radius 2 is 1.62 bits per heavy atom. The topological polar surface area (TPSA) is 275 Å². The van der Waals surface area contributed by atoms with Crippen LogP contribution in [0.4, 0.5) is 0 Å². The first-order valence-corrected chi connectivity index (χ1v) is 16.8. The molecule has 5 atom stereocenters. The summed E-state index contributed by atoms with van der Waals surface area (Å²) in [5.41, 5.74) is 6.16. The molecule has 2 aromatic rings. The highest BCUT2D eigenvalue weighted by atomic mass is 33.1. The van der Waals surface area contributed by atoms with Gasteiger partial charge in [0.15, 0.2) is 0 Å². The van der Waals surface area contributed by atoms with Gasteiger partial charge in [-0.05, 0) is 24.1 Å². The van der Waals surface area contributed by atoms with E-state index < -0.39 is 71.6 Å². The summed E-state index contributed by atoms with van der Waals surface area (Å²) in [6.45, 7) is 1.23. The Morgan fingerprint density at radius 1 is 0.979 bits per heavy atom. The van der Waals surface area contributed by atoms with Gasteiger partial charge in [-0.2, -0.15) is 0 Å². The zero-order chi connectivity index (χ0) is 34.5. The molecule has 10 N–H and O–H groups in total. The first kappa shape index (κ1) is 36.7. The molecule has 1 aliphatic heterocycles. The first-order chi connectivity index (χ1) is 22.3. The zero-order valence-electron chi connectivity index (χ0n) is 25.2. The molecule has 1 saturated heterocycles. The minimum atomic E-state index is -1.48. The van der Waals surface area contributed by atoms with Crippen LogP contribution in [-0.2, 0) is 46.4 Å². The van der Waals surface area contributed by atoms with Crippen LogP contribution in [0.3, 0.4) is 0 Å². The number of amides is 6. The van der Waals surface area contributed by atoms with Crippen LogP contribution < -0.4 is 32.3 Å². The number of benzene rings is 1. The normalized spacial score (nSPS) is 21.6. The number of carbonyl (C=O) groups excluding carboxylic acids is 6. The van der Waals surface area contributed by atoms with E-state index >= 15 is 0 Å². The lowest BCUT2D eigenvalue weighted by molar-refractivity contribution is -0.142. The van der Waals surface area contributed by atoms with Gasteiger partial charge in [0.1, 0.15) is 36.0 Å². The van der Waals surface area contributed by atoms with Gasteiger partial charge in [0.25, 0.3) is 0 Å². The van der Waals surface area contributed by atoms with Gasteiger partial charge in [-0.3, -0.25) is 28.8 Å². The predicted octanol–water partition coefficient (Wildman–Crippen LogP) is -1.91. The smallest absolute Gasteiger partial charge is 0.326 e. The van der Waals surface area contributed by atoms with Crippen LogP contribution in [0.15, 0.2) is 36.8 Å². The molecule has 47 heavy (non-hydrogen) atoms. The van der Waals surface area contributed by atoms with Gasteiger partial charge in [-0.15, -0.1) is 0 Å². The van der Waals surface area contributed by atoms with E-state index in [1.807, 2.05) is 0 Å². The van der Waals surface area contributed by atoms with Crippen LogP contribution >= 0.6 is 21.6 Å². The molecule has 0 bridgehead atoms. The van der Waals surface area contributed by atoms with Crippen molar-refractivity contribution in [1.82, 2.24) is 36.6 Å². The molecular weight excluding hydrogens is 656 g/mol. The van der Waals surface area contributed by atoms with E-state index in [1.165, 1.54) is 31.6 Å². The van der Waals surface area contributed by atoms with Crippen LogP contribution in [0, 0.1) is 0 Å². The number of H-pyrrole nitrogens is 1. The first-order valence-electron chi connectivity index (χ1n) is 14.3. The van der Waals surface area contributed by atoms with E-state index in [1.54, 1.807) is 12.1 Å². The van der Waals surface area contributed by atoms with Crippen molar-refractivity contribution in [3.05, 3.63) is 48.0 Å². The summed E-state index contributed by atoms with van der Waals surface area (Å²) in [6, 6.07) is -0.477. The molecule has 0 unspecified atom stereocenters. The van der Waals surface area contributed by atoms with Gasteiger partial charge in [-0.25, -0.2) is 9.78 Å². The van der Waals surface area contributed by atoms with E-state index in [0.29, 0.717) is 11.3 Å². The standard InChI is InChI=1S/C28H36N8O9S2/c1-14(37)32-21-11-46-47-12-22(27(43)33-18(28(44)45)6-7-23(29)39)36-25(41)20(9-16-10-30-13-31-16)35-24(40)19(34-26(21)42)8-15-2-4-17(38)5-3-15/h2-5,10,13,18-22,38H,6-9,11-12H2,1H3,(H2,29,39)(H,30,31)(H,32,37)(H,33,43)(H,34,42)(H,35,40)(H,36,41)(H,44,45)/t18-,19-,20-,21-,22-/m0/s1. The minimum absolute atomic E-state index is 0.00469. The molecule has 1 fully saturated rings. The van der Waals surface area contributed by atoms with E-state index in [2.05, 4.69) is 36.6 Å². The van der Waals surface area contributed by atoms with Crippen LogP contribution in [0.1, 0.15) is 31.0 Å². The number of aromatic nitrogens is 2. The third-order valence-electron chi connectivity index (χ3n) is 6.79. The lowest BCUT2D eigenvalue weighted by Crippen LogP contribution is -2.60. The number of aliphatic carboxylic acids is 1. The Balaban J connectivity index is 1.95. The maximum atomic E-state index is 13.7. The Kier molecular flexibility index (Phi) is 13.9. The summed E-state index contributed by atoms with van der Waals surface area (Å²) in [5, 5.41) is 32.0. The predicted molar refractivity (Wildman–Crippen MR) is 170 cm³/mol. The summed E-state index contributed by atoms with van der Waals surface area (Å²) in [5.74, 6) is -5.88. The zero-order valence-corrected chi connectivity index (χ0v) is 26.8. The number of nitrogens with one attached hydrogen (secondary N) is 6. The molecule has 2 heterocycles. The molecule has 0 aliphatic carbocycles. The number of aromatic amines is 1. The molecule has 17 nitrogen and oxygen atoms in total. The number of imidazole rings is 1. The fourth-order valence-corrected chi connectivity index (χ4v) is 6.71. The van der Waals surface area contributed by atoms with E-state index in [-0.39, 0.29) is 42.9 Å². The van der Waals surface area contributed by atoms with Crippen LogP contribution in [0.25, 0.3) is 0 Å². The fraction of sp³-hybridized carbons (Fsp3) is 0.429. The van der Waals surface area contributed by atoms with E-state index in [0.717, 1.165) is 21.6 Å². The molecule has 1 aliphatic rings. The number of nitrogens with zero attached hydrogens (tertiary/aromatic N) is 1. The van der Waals surface area contributed by atoms with Gasteiger partial charge in [0.2, 0.25) is 35.4 Å². The van der Waals surface area contributed by atoms with Gasteiger partial charge < -0.3 is 47.5 Å². The third kappa shape index (κ3) is 12.2. The lowest BCUT2D eigenvalue weighted by Gasteiger charge is -2.27. The molecular formula is C28H36N8O9S2.